The summed E-state index contributed by atoms with van der Waals surface area (Å²) >= 11 is 5.92. The van der Waals surface area contributed by atoms with E-state index in [1.165, 1.54) is 6.33 Å². The first kappa shape index (κ1) is 7.99. The van der Waals surface area contributed by atoms with Gasteiger partial charge in [0.2, 0.25) is 0 Å². The Morgan fingerprint density at radius 3 is 3.00 bits per heavy atom. The minimum absolute atomic E-state index is 0.148. The summed E-state index contributed by atoms with van der Waals surface area (Å²) in [4.78, 5) is 22.0. The second-order valence-electron chi connectivity index (χ2n) is 3.39. The molecule has 0 amide bonds. The molecular weight excluding hydrogens is 204 g/mol. The number of nitrogens with zero attached hydrogens (tertiary/aromatic N) is 3. The van der Waals surface area contributed by atoms with Crippen molar-refractivity contribution in [3.05, 3.63) is 22.0 Å². The van der Waals surface area contributed by atoms with Gasteiger partial charge in [-0.3, -0.25) is 9.55 Å². The lowest BCUT2D eigenvalue weighted by molar-refractivity contribution is 0.732. The molecule has 1 N–H and O–H groups in total. The van der Waals surface area contributed by atoms with Crippen LogP contribution >= 0.6 is 11.6 Å². The number of rotatable bonds is 1. The number of fused-ring (bicyclic) bond motifs is 1. The van der Waals surface area contributed by atoms with Crippen molar-refractivity contribution < 1.29 is 0 Å². The molecule has 0 radical (unpaired) electrons. The first-order chi connectivity index (χ1) is 6.77. The minimum Gasteiger partial charge on any atom is -0.290 e. The summed E-state index contributed by atoms with van der Waals surface area (Å²) in [7, 11) is 0. The zero-order valence-corrected chi connectivity index (χ0v) is 7.95. The van der Waals surface area contributed by atoms with Gasteiger partial charge in [0.1, 0.15) is 11.8 Å². The van der Waals surface area contributed by atoms with Crippen molar-refractivity contribution in [1.29, 1.82) is 0 Å². The van der Waals surface area contributed by atoms with E-state index in [0.717, 1.165) is 12.8 Å². The quantitative estimate of drug-likeness (QED) is 0.718. The Kier molecular flexibility index (Phi) is 1.47. The number of H-pyrrole nitrogens is 1. The molecule has 1 aliphatic carbocycles. The van der Waals surface area contributed by atoms with Crippen molar-refractivity contribution in [1.82, 2.24) is 19.5 Å². The highest BCUT2D eigenvalue weighted by molar-refractivity contribution is 6.33. The molecule has 0 spiro atoms. The Hall–Kier alpha value is -1.36. The first-order valence-electron chi connectivity index (χ1n) is 4.38. The van der Waals surface area contributed by atoms with Gasteiger partial charge < -0.3 is 0 Å². The highest BCUT2D eigenvalue weighted by Gasteiger charge is 2.28. The van der Waals surface area contributed by atoms with Crippen LogP contribution in [0.15, 0.2) is 11.1 Å². The SMILES string of the molecule is O=c1[nH]c2ncnc(Cl)c2n1C1CC1. The van der Waals surface area contributed by atoms with Gasteiger partial charge in [-0.1, -0.05) is 11.6 Å². The summed E-state index contributed by atoms with van der Waals surface area (Å²) < 4.78 is 1.65. The van der Waals surface area contributed by atoms with Crippen molar-refractivity contribution in [3.63, 3.8) is 0 Å². The van der Waals surface area contributed by atoms with Gasteiger partial charge in [-0.15, -0.1) is 0 Å². The van der Waals surface area contributed by atoms with Gasteiger partial charge in [0, 0.05) is 6.04 Å². The Morgan fingerprint density at radius 1 is 1.50 bits per heavy atom. The Balaban J connectivity index is 2.45. The summed E-state index contributed by atoms with van der Waals surface area (Å²) in [6, 6.07) is 0.278. The molecule has 3 rings (SSSR count). The van der Waals surface area contributed by atoms with E-state index in [-0.39, 0.29) is 11.7 Å². The summed E-state index contributed by atoms with van der Waals surface area (Å²) in [6.45, 7) is 0. The predicted octanol–water partition coefficient (Wildman–Crippen LogP) is 1.11. The van der Waals surface area contributed by atoms with Crippen molar-refractivity contribution in [2.45, 2.75) is 18.9 Å². The summed E-state index contributed by atoms with van der Waals surface area (Å²) in [5.41, 5.74) is 0.994. The molecule has 0 aromatic carbocycles. The highest BCUT2D eigenvalue weighted by Crippen LogP contribution is 2.36. The average Bonchev–Trinajstić information content (AvgIpc) is 2.90. The molecule has 6 heteroatoms. The van der Waals surface area contributed by atoms with Crippen LogP contribution in [0.3, 0.4) is 0 Å². The van der Waals surface area contributed by atoms with Gasteiger partial charge in [-0.05, 0) is 12.8 Å². The largest absolute Gasteiger partial charge is 0.328 e. The summed E-state index contributed by atoms with van der Waals surface area (Å²) in [5, 5.41) is 0.334. The van der Waals surface area contributed by atoms with Crippen LogP contribution in [-0.4, -0.2) is 19.5 Å². The second-order valence-corrected chi connectivity index (χ2v) is 3.75. The lowest BCUT2D eigenvalue weighted by Crippen LogP contribution is -2.15. The van der Waals surface area contributed by atoms with Crippen LogP contribution in [0.2, 0.25) is 5.15 Å². The number of aromatic nitrogens is 4. The molecule has 0 unspecified atom stereocenters. The fourth-order valence-corrected chi connectivity index (χ4v) is 1.83. The van der Waals surface area contributed by atoms with Crippen molar-refractivity contribution in [2.24, 2.45) is 0 Å². The van der Waals surface area contributed by atoms with Crippen LogP contribution < -0.4 is 5.69 Å². The molecule has 14 heavy (non-hydrogen) atoms. The van der Waals surface area contributed by atoms with Gasteiger partial charge in [-0.2, -0.15) is 0 Å². The van der Waals surface area contributed by atoms with E-state index in [1.54, 1.807) is 4.57 Å². The zero-order chi connectivity index (χ0) is 9.71. The van der Waals surface area contributed by atoms with Crippen LogP contribution in [0.25, 0.3) is 11.2 Å². The number of aromatic amines is 1. The fourth-order valence-electron chi connectivity index (χ4n) is 1.61. The maximum atomic E-state index is 11.6. The van der Waals surface area contributed by atoms with Crippen molar-refractivity contribution in [3.8, 4) is 0 Å². The molecule has 5 nitrogen and oxygen atoms in total. The molecule has 0 saturated heterocycles. The predicted molar refractivity (Wildman–Crippen MR) is 51.4 cm³/mol. The van der Waals surface area contributed by atoms with Gasteiger partial charge in [-0.25, -0.2) is 14.8 Å². The Morgan fingerprint density at radius 2 is 2.29 bits per heavy atom. The van der Waals surface area contributed by atoms with Crippen LogP contribution in [0.4, 0.5) is 0 Å². The van der Waals surface area contributed by atoms with E-state index >= 15 is 0 Å². The maximum Gasteiger partial charge on any atom is 0.328 e. The summed E-state index contributed by atoms with van der Waals surface area (Å²) in [5.74, 6) is 0. The smallest absolute Gasteiger partial charge is 0.290 e. The normalized spacial score (nSPS) is 16.4. The third-order valence-corrected chi connectivity index (χ3v) is 2.65. The van der Waals surface area contributed by atoms with Crippen LogP contribution in [0.1, 0.15) is 18.9 Å². The average molecular weight is 211 g/mol. The third-order valence-electron chi connectivity index (χ3n) is 2.37. The molecule has 2 aromatic heterocycles. The molecule has 1 fully saturated rings. The van der Waals surface area contributed by atoms with E-state index in [2.05, 4.69) is 15.0 Å². The third kappa shape index (κ3) is 0.988. The summed E-state index contributed by atoms with van der Waals surface area (Å²) in [6.07, 6.45) is 3.40. The molecule has 0 aliphatic heterocycles. The number of nitrogens with one attached hydrogen (secondary N) is 1. The first-order valence-corrected chi connectivity index (χ1v) is 4.76. The van der Waals surface area contributed by atoms with E-state index in [9.17, 15) is 4.79 Å². The van der Waals surface area contributed by atoms with Gasteiger partial charge >= 0.3 is 5.69 Å². The topological polar surface area (TPSA) is 63.6 Å². The van der Waals surface area contributed by atoms with Crippen LogP contribution in [-0.2, 0) is 0 Å². The molecular formula is C8H7ClN4O. The van der Waals surface area contributed by atoms with E-state index in [1.807, 2.05) is 0 Å². The fraction of sp³-hybridized carbons (Fsp3) is 0.375. The number of hydrogen-bond donors (Lipinski definition) is 1. The zero-order valence-electron chi connectivity index (χ0n) is 7.20. The second kappa shape index (κ2) is 2.57. The molecule has 2 aromatic rings. The lowest BCUT2D eigenvalue weighted by Gasteiger charge is -1.99. The minimum atomic E-state index is -0.148. The molecule has 0 atom stereocenters. The van der Waals surface area contributed by atoms with E-state index < -0.39 is 0 Å². The number of halogens is 1. The van der Waals surface area contributed by atoms with Crippen LogP contribution in [0, 0.1) is 0 Å². The molecule has 72 valence electrons. The maximum absolute atomic E-state index is 11.6. The number of hydrogen-bond acceptors (Lipinski definition) is 3. The molecule has 0 bridgehead atoms. The Bertz CT molecular complexity index is 554. The van der Waals surface area contributed by atoms with Gasteiger partial charge in [0.05, 0.1) is 0 Å². The highest BCUT2D eigenvalue weighted by atomic mass is 35.5. The molecule has 1 aliphatic rings. The monoisotopic (exact) mass is 210 g/mol. The van der Waals surface area contributed by atoms with Crippen LogP contribution in [0.5, 0.6) is 0 Å². The van der Waals surface area contributed by atoms with Gasteiger partial charge in [0.15, 0.2) is 10.8 Å². The molecule has 2 heterocycles. The lowest BCUT2D eigenvalue weighted by atomic mass is 10.5. The number of imidazole rings is 1. The standard InChI is InChI=1S/C8H7ClN4O/c9-6-5-7(11-3-10-6)12-8(14)13(5)4-1-2-4/h3-4H,1-2H2,(H,10,11,12,14). The van der Waals surface area contributed by atoms with Crippen molar-refractivity contribution >= 4 is 22.8 Å². The van der Waals surface area contributed by atoms with Crippen molar-refractivity contribution in [2.75, 3.05) is 0 Å². The van der Waals surface area contributed by atoms with E-state index in [0.29, 0.717) is 16.3 Å². The molecule has 1 saturated carbocycles. The van der Waals surface area contributed by atoms with Gasteiger partial charge in [0.25, 0.3) is 0 Å². The van der Waals surface area contributed by atoms with E-state index in [4.69, 9.17) is 11.6 Å². The Labute approximate surface area is 83.7 Å².